The second-order valence-corrected chi connectivity index (χ2v) is 7.94. The first kappa shape index (κ1) is 17.5. The summed E-state index contributed by atoms with van der Waals surface area (Å²) in [7, 11) is 0. The standard InChI is InChI=1S/C22H16INO4/c23-17-7-3-1-5-14(17)12-24-18-8-4-2-6-16(18)22(26,21(24)25)15-9-10-19-20(11-15)28-13-27-19/h1-11,26H,12-13H2. The van der Waals surface area contributed by atoms with Gasteiger partial charge in [0.15, 0.2) is 17.1 Å². The fourth-order valence-electron chi connectivity index (χ4n) is 3.79. The lowest BCUT2D eigenvalue weighted by atomic mass is 9.87. The lowest BCUT2D eigenvalue weighted by Gasteiger charge is -2.24. The van der Waals surface area contributed by atoms with Gasteiger partial charge in [0, 0.05) is 14.7 Å². The van der Waals surface area contributed by atoms with Gasteiger partial charge in [-0.25, -0.2) is 0 Å². The zero-order valence-electron chi connectivity index (χ0n) is 14.8. The zero-order valence-corrected chi connectivity index (χ0v) is 16.9. The van der Waals surface area contributed by atoms with Crippen LogP contribution in [0.4, 0.5) is 5.69 Å². The third kappa shape index (κ3) is 2.51. The predicted octanol–water partition coefficient (Wildman–Crippen LogP) is 3.80. The number of anilines is 1. The van der Waals surface area contributed by atoms with Crippen LogP contribution in [0, 0.1) is 3.57 Å². The summed E-state index contributed by atoms with van der Waals surface area (Å²) in [4.78, 5) is 15.2. The summed E-state index contributed by atoms with van der Waals surface area (Å²) in [6, 6.07) is 20.4. The number of fused-ring (bicyclic) bond motifs is 2. The normalized spacial score (nSPS) is 19.8. The molecular weight excluding hydrogens is 469 g/mol. The molecule has 5 rings (SSSR count). The highest BCUT2D eigenvalue weighted by molar-refractivity contribution is 14.1. The monoisotopic (exact) mass is 485 g/mol. The number of hydrogen-bond donors (Lipinski definition) is 1. The van der Waals surface area contributed by atoms with Crippen molar-refractivity contribution in [1.82, 2.24) is 0 Å². The number of aliphatic hydroxyl groups is 1. The Bertz CT molecular complexity index is 1100. The van der Waals surface area contributed by atoms with E-state index in [1.54, 1.807) is 29.2 Å². The molecular formula is C22H16INO4. The summed E-state index contributed by atoms with van der Waals surface area (Å²) in [5.74, 6) is 0.779. The van der Waals surface area contributed by atoms with Crippen molar-refractivity contribution in [3.8, 4) is 11.5 Å². The Kier molecular flexibility index (Phi) is 4.06. The molecule has 0 fully saturated rings. The minimum Gasteiger partial charge on any atom is -0.454 e. The van der Waals surface area contributed by atoms with Crippen LogP contribution in [0.5, 0.6) is 11.5 Å². The quantitative estimate of drug-likeness (QED) is 0.574. The van der Waals surface area contributed by atoms with Crippen LogP contribution in [-0.2, 0) is 16.9 Å². The summed E-state index contributed by atoms with van der Waals surface area (Å²) >= 11 is 2.26. The largest absolute Gasteiger partial charge is 0.454 e. The number of para-hydroxylation sites is 1. The Morgan fingerprint density at radius 3 is 2.61 bits per heavy atom. The molecule has 0 radical (unpaired) electrons. The predicted molar refractivity (Wildman–Crippen MR) is 112 cm³/mol. The molecule has 140 valence electrons. The summed E-state index contributed by atoms with van der Waals surface area (Å²) in [5.41, 5.74) is 1.02. The van der Waals surface area contributed by atoms with Gasteiger partial charge in [0.2, 0.25) is 6.79 Å². The van der Waals surface area contributed by atoms with Crippen molar-refractivity contribution in [3.05, 3.63) is 87.0 Å². The zero-order chi connectivity index (χ0) is 19.3. The minimum absolute atomic E-state index is 0.139. The van der Waals surface area contributed by atoms with Crippen molar-refractivity contribution in [1.29, 1.82) is 0 Å². The molecule has 6 heteroatoms. The number of benzene rings is 3. The van der Waals surface area contributed by atoms with Crippen molar-refractivity contribution in [2.45, 2.75) is 12.1 Å². The molecule has 1 atom stereocenters. The van der Waals surface area contributed by atoms with E-state index >= 15 is 0 Å². The van der Waals surface area contributed by atoms with E-state index in [1.807, 2.05) is 42.5 Å². The summed E-state index contributed by atoms with van der Waals surface area (Å²) in [6.07, 6.45) is 0. The molecule has 0 aliphatic carbocycles. The molecule has 1 unspecified atom stereocenters. The van der Waals surface area contributed by atoms with E-state index in [2.05, 4.69) is 22.6 Å². The van der Waals surface area contributed by atoms with E-state index in [1.165, 1.54) is 0 Å². The number of nitrogens with zero attached hydrogens (tertiary/aromatic N) is 1. The SMILES string of the molecule is O=C1N(Cc2ccccc2I)c2ccccc2C1(O)c1ccc2c(c1)OCO2. The van der Waals surface area contributed by atoms with Crippen LogP contribution in [0.1, 0.15) is 16.7 Å². The number of carbonyl (C=O) groups excluding carboxylic acids is 1. The highest BCUT2D eigenvalue weighted by atomic mass is 127. The van der Waals surface area contributed by atoms with Gasteiger partial charge in [-0.3, -0.25) is 4.79 Å². The van der Waals surface area contributed by atoms with E-state index in [-0.39, 0.29) is 12.7 Å². The number of rotatable bonds is 3. The molecule has 3 aromatic rings. The third-order valence-corrected chi connectivity index (χ3v) is 6.27. The molecule has 0 saturated heterocycles. The van der Waals surface area contributed by atoms with Crippen LogP contribution >= 0.6 is 22.6 Å². The number of halogens is 1. The van der Waals surface area contributed by atoms with E-state index in [9.17, 15) is 9.90 Å². The van der Waals surface area contributed by atoms with E-state index < -0.39 is 5.60 Å². The van der Waals surface area contributed by atoms with Gasteiger partial charge in [-0.15, -0.1) is 0 Å². The van der Waals surface area contributed by atoms with Crippen molar-refractivity contribution in [3.63, 3.8) is 0 Å². The average Bonchev–Trinajstić information content (AvgIpc) is 3.27. The molecule has 28 heavy (non-hydrogen) atoms. The molecule has 0 bridgehead atoms. The van der Waals surface area contributed by atoms with Gasteiger partial charge in [-0.1, -0.05) is 42.5 Å². The molecule has 0 aromatic heterocycles. The van der Waals surface area contributed by atoms with Gasteiger partial charge in [0.25, 0.3) is 5.91 Å². The van der Waals surface area contributed by atoms with Gasteiger partial charge in [-0.2, -0.15) is 0 Å². The molecule has 1 N–H and O–H groups in total. The second kappa shape index (κ2) is 6.49. The maximum Gasteiger partial charge on any atom is 0.268 e. The molecule has 0 saturated carbocycles. The summed E-state index contributed by atoms with van der Waals surface area (Å²) < 4.78 is 11.9. The third-order valence-electron chi connectivity index (χ3n) is 5.22. The molecule has 0 spiro atoms. The first-order chi connectivity index (χ1) is 13.6. The van der Waals surface area contributed by atoms with Crippen molar-refractivity contribution < 1.29 is 19.4 Å². The molecule has 2 aliphatic heterocycles. The first-order valence-corrected chi connectivity index (χ1v) is 9.94. The topological polar surface area (TPSA) is 59.0 Å². The fourth-order valence-corrected chi connectivity index (χ4v) is 4.35. The average molecular weight is 485 g/mol. The number of amides is 1. The second-order valence-electron chi connectivity index (χ2n) is 6.78. The Balaban J connectivity index is 1.62. The van der Waals surface area contributed by atoms with Gasteiger partial charge in [-0.05, 0) is 52.4 Å². The number of carbonyl (C=O) groups is 1. The maximum atomic E-state index is 13.5. The van der Waals surface area contributed by atoms with Gasteiger partial charge in [0.1, 0.15) is 0 Å². The van der Waals surface area contributed by atoms with E-state index in [0.29, 0.717) is 34.9 Å². The Morgan fingerprint density at radius 1 is 1.00 bits per heavy atom. The lowest BCUT2D eigenvalue weighted by Crippen LogP contribution is -2.41. The highest BCUT2D eigenvalue weighted by Crippen LogP contribution is 2.47. The van der Waals surface area contributed by atoms with Gasteiger partial charge >= 0.3 is 0 Å². The fraction of sp³-hybridized carbons (Fsp3) is 0.136. The number of hydrogen-bond acceptors (Lipinski definition) is 4. The van der Waals surface area contributed by atoms with E-state index in [0.717, 1.165) is 9.13 Å². The van der Waals surface area contributed by atoms with Crippen LogP contribution in [0.2, 0.25) is 0 Å². The Morgan fingerprint density at radius 2 is 1.75 bits per heavy atom. The van der Waals surface area contributed by atoms with Gasteiger partial charge < -0.3 is 19.5 Å². The van der Waals surface area contributed by atoms with Crippen LogP contribution in [0.25, 0.3) is 0 Å². The minimum atomic E-state index is -1.77. The first-order valence-electron chi connectivity index (χ1n) is 8.86. The Labute approximate surface area is 175 Å². The molecule has 2 aliphatic rings. The summed E-state index contributed by atoms with van der Waals surface area (Å²) in [5, 5.41) is 11.6. The van der Waals surface area contributed by atoms with Crippen LogP contribution < -0.4 is 14.4 Å². The number of ether oxygens (including phenoxy) is 2. The molecule has 3 aromatic carbocycles. The molecule has 2 heterocycles. The molecule has 1 amide bonds. The van der Waals surface area contributed by atoms with Crippen LogP contribution in [-0.4, -0.2) is 17.8 Å². The smallest absolute Gasteiger partial charge is 0.268 e. The van der Waals surface area contributed by atoms with Crippen LogP contribution in [0.3, 0.4) is 0 Å². The Hall–Kier alpha value is -2.58. The van der Waals surface area contributed by atoms with Crippen molar-refractivity contribution in [2.75, 3.05) is 11.7 Å². The maximum absolute atomic E-state index is 13.5. The summed E-state index contributed by atoms with van der Waals surface area (Å²) in [6.45, 7) is 0.530. The molecule has 5 nitrogen and oxygen atoms in total. The van der Waals surface area contributed by atoms with E-state index in [4.69, 9.17) is 9.47 Å². The highest BCUT2D eigenvalue weighted by Gasteiger charge is 2.51. The lowest BCUT2D eigenvalue weighted by molar-refractivity contribution is -0.132. The van der Waals surface area contributed by atoms with Crippen molar-refractivity contribution in [2.24, 2.45) is 0 Å². The van der Waals surface area contributed by atoms with Crippen LogP contribution in [0.15, 0.2) is 66.7 Å². The van der Waals surface area contributed by atoms with Crippen molar-refractivity contribution >= 4 is 34.2 Å². The van der Waals surface area contributed by atoms with Gasteiger partial charge in [0.05, 0.1) is 12.2 Å².